The Hall–Kier alpha value is -1.35. The van der Waals surface area contributed by atoms with Crippen molar-refractivity contribution in [1.29, 1.82) is 0 Å². The van der Waals surface area contributed by atoms with E-state index < -0.39 is 0 Å². The zero-order valence-electron chi connectivity index (χ0n) is 13.5. The van der Waals surface area contributed by atoms with Crippen LogP contribution in [0.3, 0.4) is 0 Å². The molecule has 2 saturated heterocycles. The highest BCUT2D eigenvalue weighted by molar-refractivity contribution is 5.79. The largest absolute Gasteiger partial charge is 0.342 e. The minimum absolute atomic E-state index is 0.363. The fourth-order valence-corrected chi connectivity index (χ4v) is 4.26. The molecule has 1 aliphatic carbocycles. The second kappa shape index (κ2) is 5.69. The van der Waals surface area contributed by atoms with Crippen molar-refractivity contribution in [1.82, 2.24) is 9.80 Å². The Morgan fingerprint density at radius 1 is 1.05 bits per heavy atom. The maximum atomic E-state index is 12.4. The second-order valence-electron chi connectivity index (χ2n) is 7.57. The summed E-state index contributed by atoms with van der Waals surface area (Å²) in [6.45, 7) is 7.52. The molecule has 2 heterocycles. The number of nitrogens with zero attached hydrogens (tertiary/aromatic N) is 2. The number of benzene rings is 1. The summed E-state index contributed by atoms with van der Waals surface area (Å²) in [6.07, 6.45) is 3.51. The molecule has 1 amide bonds. The van der Waals surface area contributed by atoms with Gasteiger partial charge in [0, 0.05) is 38.6 Å². The van der Waals surface area contributed by atoms with Crippen LogP contribution < -0.4 is 0 Å². The van der Waals surface area contributed by atoms with Crippen molar-refractivity contribution in [2.45, 2.75) is 32.7 Å². The van der Waals surface area contributed by atoms with Gasteiger partial charge in [0.15, 0.2) is 0 Å². The van der Waals surface area contributed by atoms with Gasteiger partial charge < -0.3 is 4.90 Å². The van der Waals surface area contributed by atoms with E-state index in [1.54, 1.807) is 0 Å². The molecular formula is C19H26N2O. The van der Waals surface area contributed by atoms with Crippen LogP contribution in [0.4, 0.5) is 0 Å². The summed E-state index contributed by atoms with van der Waals surface area (Å²) in [7, 11) is 0. The Bertz CT molecular complexity index is 535. The third-order valence-corrected chi connectivity index (χ3v) is 5.85. The zero-order valence-corrected chi connectivity index (χ0v) is 13.5. The first-order chi connectivity index (χ1) is 10.7. The lowest BCUT2D eigenvalue weighted by Gasteiger charge is -2.30. The van der Waals surface area contributed by atoms with E-state index in [9.17, 15) is 4.79 Å². The van der Waals surface area contributed by atoms with Crippen LogP contribution in [-0.2, 0) is 11.3 Å². The summed E-state index contributed by atoms with van der Waals surface area (Å²) in [6, 6.07) is 8.89. The van der Waals surface area contributed by atoms with Crippen molar-refractivity contribution in [2.24, 2.45) is 17.8 Å². The molecule has 22 heavy (non-hydrogen) atoms. The Kier molecular flexibility index (Phi) is 3.69. The predicted molar refractivity (Wildman–Crippen MR) is 87.4 cm³/mol. The average Bonchev–Trinajstić information content (AvgIpc) is 2.97. The lowest BCUT2D eigenvalue weighted by molar-refractivity contribution is -0.137. The van der Waals surface area contributed by atoms with Gasteiger partial charge in [0.1, 0.15) is 0 Å². The van der Waals surface area contributed by atoms with E-state index >= 15 is 0 Å². The maximum Gasteiger partial charge on any atom is 0.225 e. The fourth-order valence-electron chi connectivity index (χ4n) is 4.26. The van der Waals surface area contributed by atoms with E-state index in [1.807, 2.05) is 0 Å². The highest BCUT2D eigenvalue weighted by Crippen LogP contribution is 2.35. The topological polar surface area (TPSA) is 23.6 Å². The highest BCUT2D eigenvalue weighted by Gasteiger charge is 2.43. The summed E-state index contributed by atoms with van der Waals surface area (Å²) in [5, 5.41) is 0. The number of hydrogen-bond acceptors (Lipinski definition) is 2. The zero-order chi connectivity index (χ0) is 15.1. The van der Waals surface area contributed by atoms with Crippen LogP contribution in [0, 0.1) is 24.7 Å². The number of rotatable bonds is 3. The molecule has 0 N–H and O–H groups in total. The monoisotopic (exact) mass is 298 g/mol. The van der Waals surface area contributed by atoms with Crippen LogP contribution in [0.2, 0.25) is 0 Å². The fraction of sp³-hybridized carbons (Fsp3) is 0.632. The smallest absolute Gasteiger partial charge is 0.225 e. The number of likely N-dealkylation sites (tertiary alicyclic amines) is 2. The van der Waals surface area contributed by atoms with Gasteiger partial charge in [-0.3, -0.25) is 9.69 Å². The summed E-state index contributed by atoms with van der Waals surface area (Å²) < 4.78 is 0. The van der Waals surface area contributed by atoms with Crippen molar-refractivity contribution in [3.8, 4) is 0 Å². The van der Waals surface area contributed by atoms with Crippen molar-refractivity contribution >= 4 is 5.91 Å². The molecule has 1 saturated carbocycles. The van der Waals surface area contributed by atoms with Gasteiger partial charge in [-0.2, -0.15) is 0 Å². The summed E-state index contributed by atoms with van der Waals surface area (Å²) in [5.41, 5.74) is 2.74. The molecule has 2 atom stereocenters. The van der Waals surface area contributed by atoms with Gasteiger partial charge in [-0.25, -0.2) is 0 Å². The number of hydrogen-bond donors (Lipinski definition) is 0. The van der Waals surface area contributed by atoms with Crippen LogP contribution in [0.5, 0.6) is 0 Å². The van der Waals surface area contributed by atoms with Gasteiger partial charge in [-0.05, 0) is 37.2 Å². The van der Waals surface area contributed by atoms with Gasteiger partial charge in [-0.15, -0.1) is 0 Å². The summed E-state index contributed by atoms with van der Waals surface area (Å²) in [4.78, 5) is 17.1. The van der Waals surface area contributed by atoms with Crippen LogP contribution >= 0.6 is 0 Å². The first kappa shape index (κ1) is 14.3. The molecule has 4 rings (SSSR count). The number of fused-ring (bicyclic) bond motifs is 1. The first-order valence-corrected chi connectivity index (χ1v) is 8.76. The third kappa shape index (κ3) is 2.67. The average molecular weight is 298 g/mol. The van der Waals surface area contributed by atoms with E-state index in [1.165, 1.54) is 17.5 Å². The van der Waals surface area contributed by atoms with Crippen molar-refractivity contribution in [3.63, 3.8) is 0 Å². The second-order valence-corrected chi connectivity index (χ2v) is 7.57. The maximum absolute atomic E-state index is 12.4. The Labute approximate surface area is 133 Å². The molecule has 0 aromatic heterocycles. The number of carbonyl (C=O) groups excluding carboxylic acids is 1. The molecule has 1 aromatic rings. The van der Waals surface area contributed by atoms with Gasteiger partial charge in [0.05, 0.1) is 0 Å². The lowest BCUT2D eigenvalue weighted by atomic mass is 9.84. The number of aryl methyl sites for hydroxylation is 1. The van der Waals surface area contributed by atoms with E-state index in [2.05, 4.69) is 41.0 Å². The normalized spacial score (nSPS) is 28.7. The van der Waals surface area contributed by atoms with Crippen LogP contribution in [0.15, 0.2) is 24.3 Å². The van der Waals surface area contributed by atoms with Crippen molar-refractivity contribution in [2.75, 3.05) is 26.2 Å². The van der Waals surface area contributed by atoms with Crippen molar-refractivity contribution < 1.29 is 4.79 Å². The van der Waals surface area contributed by atoms with Crippen LogP contribution in [-0.4, -0.2) is 41.9 Å². The Morgan fingerprint density at radius 2 is 1.68 bits per heavy atom. The number of amides is 1. The molecule has 3 heteroatoms. The molecule has 0 bridgehead atoms. The first-order valence-electron chi connectivity index (χ1n) is 8.76. The van der Waals surface area contributed by atoms with E-state index in [0.29, 0.717) is 23.7 Å². The molecule has 1 aromatic carbocycles. The highest BCUT2D eigenvalue weighted by atomic mass is 16.2. The van der Waals surface area contributed by atoms with Gasteiger partial charge >= 0.3 is 0 Å². The summed E-state index contributed by atoms with van der Waals surface area (Å²) in [5.74, 6) is 2.22. The molecule has 0 spiro atoms. The van der Waals surface area contributed by atoms with Crippen LogP contribution in [0.25, 0.3) is 0 Å². The molecule has 2 aliphatic heterocycles. The molecule has 3 fully saturated rings. The predicted octanol–water partition coefficient (Wildman–Crippen LogP) is 2.69. The quantitative estimate of drug-likeness (QED) is 0.856. The van der Waals surface area contributed by atoms with Gasteiger partial charge in [0.2, 0.25) is 5.91 Å². The lowest BCUT2D eigenvalue weighted by Crippen LogP contribution is -2.39. The molecule has 3 nitrogen and oxygen atoms in total. The van der Waals surface area contributed by atoms with Gasteiger partial charge in [0.25, 0.3) is 0 Å². The minimum Gasteiger partial charge on any atom is -0.342 e. The minimum atomic E-state index is 0.363. The third-order valence-electron chi connectivity index (χ3n) is 5.85. The number of carbonyl (C=O) groups is 1. The standard InChI is InChI=1S/C19H26N2O/c1-14-5-7-15(8-6-14)9-20-10-17-12-21(13-18(17)11-20)19(22)16-3-2-4-16/h5-8,16-18H,2-4,9-13H2,1H3/t17-,18+. The van der Waals surface area contributed by atoms with E-state index in [0.717, 1.165) is 45.6 Å². The SMILES string of the molecule is Cc1ccc(CN2C[C@@H]3CN(C(=O)C4CCC4)C[C@@H]3C2)cc1. The molecule has 3 aliphatic rings. The molecular weight excluding hydrogens is 272 g/mol. The van der Waals surface area contributed by atoms with Crippen LogP contribution in [0.1, 0.15) is 30.4 Å². The Balaban J connectivity index is 1.31. The molecule has 0 unspecified atom stereocenters. The molecule has 0 radical (unpaired) electrons. The molecule has 118 valence electrons. The van der Waals surface area contributed by atoms with Gasteiger partial charge in [-0.1, -0.05) is 36.2 Å². The van der Waals surface area contributed by atoms with E-state index in [4.69, 9.17) is 0 Å². The Morgan fingerprint density at radius 3 is 2.23 bits per heavy atom. The van der Waals surface area contributed by atoms with Crippen molar-refractivity contribution in [3.05, 3.63) is 35.4 Å². The van der Waals surface area contributed by atoms with E-state index in [-0.39, 0.29) is 0 Å². The summed E-state index contributed by atoms with van der Waals surface area (Å²) >= 11 is 0.